The summed E-state index contributed by atoms with van der Waals surface area (Å²) in [5.41, 5.74) is 10.8. The highest BCUT2D eigenvalue weighted by atomic mass is 79.9. The Bertz CT molecular complexity index is 410. The van der Waals surface area contributed by atoms with Crippen molar-refractivity contribution in [2.45, 2.75) is 25.4 Å². The number of primary amides is 1. The Labute approximate surface area is 115 Å². The number of carbonyl (C=O) groups is 2. The molecule has 1 amide bonds. The maximum absolute atomic E-state index is 10.8. The molecule has 0 aromatic carbocycles. The molecule has 0 radical (unpaired) electrons. The van der Waals surface area contributed by atoms with E-state index >= 15 is 0 Å². The number of nitrogens with two attached hydrogens (primary N) is 2. The summed E-state index contributed by atoms with van der Waals surface area (Å²) in [5, 5.41) is 12.5. The van der Waals surface area contributed by atoms with Crippen molar-refractivity contribution < 1.29 is 36.4 Å². The van der Waals surface area contributed by atoms with Gasteiger partial charge in [-0.2, -0.15) is 0 Å². The molecule has 0 saturated heterocycles. The monoisotopic (exact) mass is 318 g/mol. The lowest BCUT2D eigenvalue weighted by atomic mass is 10.2. The number of aliphatic carboxylic acids is 1. The van der Waals surface area contributed by atoms with Gasteiger partial charge in [-0.15, -0.1) is 0 Å². The first kappa shape index (κ1) is 16.5. The van der Waals surface area contributed by atoms with E-state index < -0.39 is 17.9 Å². The standard InChI is InChI=1S/C10H14N4O3.BrH/c11-8(10(16)17)2-1-4-14-5-3-7(6-13-14)9(12)15;/h3,5-6,8H,1-2,4,11H2,(H2-,12,15,16,17);1H/t8-;/m0./s1. The average molecular weight is 319 g/mol. The smallest absolute Gasteiger partial charge is 0.320 e. The van der Waals surface area contributed by atoms with Gasteiger partial charge in [0.15, 0.2) is 12.7 Å². The van der Waals surface area contributed by atoms with Gasteiger partial charge >= 0.3 is 5.97 Å². The van der Waals surface area contributed by atoms with Crippen molar-refractivity contribution in [1.29, 1.82) is 0 Å². The molecule has 0 fully saturated rings. The van der Waals surface area contributed by atoms with Crippen LogP contribution in [-0.4, -0.2) is 28.1 Å². The van der Waals surface area contributed by atoms with Crippen LogP contribution in [0.2, 0.25) is 0 Å². The molecule has 0 spiro atoms. The lowest BCUT2D eigenvalue weighted by Gasteiger charge is -2.02. The Kier molecular flexibility index (Phi) is 7.06. The first-order valence-corrected chi connectivity index (χ1v) is 5.14. The number of hydrogen-bond donors (Lipinski definition) is 3. The fourth-order valence-corrected chi connectivity index (χ4v) is 1.26. The van der Waals surface area contributed by atoms with Crippen LogP contribution < -0.4 is 33.1 Å². The predicted octanol–water partition coefficient (Wildman–Crippen LogP) is -4.34. The molecule has 0 saturated carbocycles. The van der Waals surface area contributed by atoms with E-state index in [1.807, 2.05) is 0 Å². The fraction of sp³-hybridized carbons (Fsp3) is 0.400. The molecule has 1 aromatic rings. The first-order chi connectivity index (χ1) is 8.00. The van der Waals surface area contributed by atoms with E-state index in [9.17, 15) is 9.59 Å². The SMILES string of the molecule is NC(=O)c1cc[n+](CCC[C@H](N)C(=O)O)nc1.[Br-]. The summed E-state index contributed by atoms with van der Waals surface area (Å²) < 4.78 is 1.60. The highest BCUT2D eigenvalue weighted by Crippen LogP contribution is 1.95. The van der Waals surface area contributed by atoms with Crippen LogP contribution in [0.1, 0.15) is 23.2 Å². The van der Waals surface area contributed by atoms with E-state index in [-0.39, 0.29) is 17.0 Å². The van der Waals surface area contributed by atoms with E-state index in [0.717, 1.165) is 0 Å². The van der Waals surface area contributed by atoms with Crippen molar-refractivity contribution in [3.05, 3.63) is 24.0 Å². The van der Waals surface area contributed by atoms with Crippen molar-refractivity contribution in [2.75, 3.05) is 0 Å². The number of hydrogen-bond acceptors (Lipinski definition) is 4. The fourth-order valence-electron chi connectivity index (χ4n) is 1.26. The Morgan fingerprint density at radius 2 is 2.17 bits per heavy atom. The van der Waals surface area contributed by atoms with Gasteiger partial charge in [0.25, 0.3) is 5.91 Å². The minimum Gasteiger partial charge on any atom is -1.00 e. The molecule has 5 N–H and O–H groups in total. The Balaban J connectivity index is 0.00000289. The largest absolute Gasteiger partial charge is 1.00 e. The molecule has 8 heteroatoms. The zero-order chi connectivity index (χ0) is 12.8. The van der Waals surface area contributed by atoms with Crippen LogP contribution >= 0.6 is 0 Å². The second-order valence-electron chi connectivity index (χ2n) is 3.63. The van der Waals surface area contributed by atoms with Crippen LogP contribution in [0.3, 0.4) is 0 Å². The zero-order valence-corrected chi connectivity index (χ0v) is 11.2. The van der Waals surface area contributed by atoms with Crippen LogP contribution in [-0.2, 0) is 11.3 Å². The number of carbonyl (C=O) groups excluding carboxylic acids is 1. The van der Waals surface area contributed by atoms with Gasteiger partial charge in [-0.25, -0.2) is 0 Å². The molecule has 1 heterocycles. The highest BCUT2D eigenvalue weighted by Gasteiger charge is 2.12. The van der Waals surface area contributed by atoms with Gasteiger partial charge in [-0.1, -0.05) is 4.68 Å². The summed E-state index contributed by atoms with van der Waals surface area (Å²) in [6, 6.07) is 0.715. The van der Waals surface area contributed by atoms with Crippen molar-refractivity contribution in [1.82, 2.24) is 5.10 Å². The topological polar surface area (TPSA) is 123 Å². The molecule has 1 atom stereocenters. The lowest BCUT2D eigenvalue weighted by molar-refractivity contribution is -0.754. The summed E-state index contributed by atoms with van der Waals surface area (Å²) in [5.74, 6) is -1.54. The minimum absolute atomic E-state index is 0. The van der Waals surface area contributed by atoms with Crippen LogP contribution in [0, 0.1) is 0 Å². The average Bonchev–Trinajstić information content (AvgIpc) is 2.29. The molecule has 0 unspecified atom stereocenters. The summed E-state index contributed by atoms with van der Waals surface area (Å²) in [6.45, 7) is 0.542. The number of rotatable bonds is 6. The minimum atomic E-state index is -1.01. The van der Waals surface area contributed by atoms with E-state index in [1.54, 1.807) is 16.9 Å². The molecule has 7 nitrogen and oxygen atoms in total. The molecule has 0 aliphatic heterocycles. The summed E-state index contributed by atoms with van der Waals surface area (Å²) in [4.78, 5) is 21.2. The van der Waals surface area contributed by atoms with Crippen LogP contribution in [0.25, 0.3) is 0 Å². The molecule has 100 valence electrons. The first-order valence-electron chi connectivity index (χ1n) is 5.14. The summed E-state index contributed by atoms with van der Waals surface area (Å²) in [7, 11) is 0. The third kappa shape index (κ3) is 5.19. The van der Waals surface area contributed by atoms with Crippen LogP contribution in [0.4, 0.5) is 0 Å². The van der Waals surface area contributed by atoms with Crippen molar-refractivity contribution in [2.24, 2.45) is 11.5 Å². The molecule has 18 heavy (non-hydrogen) atoms. The number of carboxylic acid groups (broad SMARTS) is 1. The van der Waals surface area contributed by atoms with E-state index in [2.05, 4.69) is 5.10 Å². The molecule has 1 aromatic heterocycles. The van der Waals surface area contributed by atoms with Gasteiger partial charge in [0.1, 0.15) is 12.2 Å². The van der Waals surface area contributed by atoms with Gasteiger partial charge in [0.2, 0.25) is 0 Å². The van der Waals surface area contributed by atoms with Crippen molar-refractivity contribution >= 4 is 11.9 Å². The van der Waals surface area contributed by atoms with Gasteiger partial charge in [0, 0.05) is 12.5 Å². The lowest BCUT2D eigenvalue weighted by Crippen LogP contribution is -3.00. The maximum Gasteiger partial charge on any atom is 0.320 e. The van der Waals surface area contributed by atoms with E-state index in [1.165, 1.54) is 6.20 Å². The van der Waals surface area contributed by atoms with Crippen LogP contribution in [0.15, 0.2) is 18.5 Å². The van der Waals surface area contributed by atoms with Crippen molar-refractivity contribution in [3.8, 4) is 0 Å². The highest BCUT2D eigenvalue weighted by molar-refractivity contribution is 5.92. The third-order valence-electron chi connectivity index (χ3n) is 2.28. The Morgan fingerprint density at radius 1 is 1.50 bits per heavy atom. The van der Waals surface area contributed by atoms with E-state index in [0.29, 0.717) is 24.9 Å². The van der Waals surface area contributed by atoms with Gasteiger partial charge in [0.05, 0.1) is 5.56 Å². The normalized spacial score (nSPS) is 11.4. The second kappa shape index (κ2) is 7.72. The van der Waals surface area contributed by atoms with Gasteiger partial charge in [-0.3, -0.25) is 9.59 Å². The number of halogens is 1. The number of amides is 1. The molecule has 0 aliphatic rings. The quantitative estimate of drug-likeness (QED) is 0.458. The molecular formula is C10H15BrN4O3. The molecule has 1 rings (SSSR count). The van der Waals surface area contributed by atoms with Gasteiger partial charge < -0.3 is 33.6 Å². The zero-order valence-electron chi connectivity index (χ0n) is 9.62. The van der Waals surface area contributed by atoms with Crippen molar-refractivity contribution in [3.63, 3.8) is 0 Å². The second-order valence-corrected chi connectivity index (χ2v) is 3.63. The number of carboxylic acids is 1. The Hall–Kier alpha value is -1.54. The number of aromatic nitrogens is 2. The van der Waals surface area contributed by atoms with E-state index in [4.69, 9.17) is 16.6 Å². The van der Waals surface area contributed by atoms with Gasteiger partial charge in [-0.05, 0) is 11.5 Å². The molecule has 0 bridgehead atoms. The molecule has 0 aliphatic carbocycles. The predicted molar refractivity (Wildman–Crippen MR) is 57.8 cm³/mol. The molecular weight excluding hydrogens is 304 g/mol. The number of aryl methyl sites for hydroxylation is 1. The third-order valence-corrected chi connectivity index (χ3v) is 2.28. The summed E-state index contributed by atoms with van der Waals surface area (Å²) >= 11 is 0. The summed E-state index contributed by atoms with van der Waals surface area (Å²) in [6.07, 6.45) is 3.97. The maximum atomic E-state index is 10.8. The van der Waals surface area contributed by atoms with Crippen LogP contribution in [0.5, 0.6) is 0 Å². The number of nitrogens with zero attached hydrogens (tertiary/aromatic N) is 2. The Morgan fingerprint density at radius 3 is 2.61 bits per heavy atom.